The average Bonchev–Trinajstić information content (AvgIpc) is 2.37. The normalized spacial score (nSPS) is 10.0. The number of amides is 1. The van der Waals surface area contributed by atoms with Crippen molar-refractivity contribution < 1.29 is 4.79 Å². The van der Waals surface area contributed by atoms with E-state index >= 15 is 0 Å². The zero-order valence-electron chi connectivity index (χ0n) is 9.89. The minimum Gasteiger partial charge on any atom is -0.399 e. The highest BCUT2D eigenvalue weighted by Crippen LogP contribution is 2.11. The van der Waals surface area contributed by atoms with Gasteiger partial charge in [0.25, 0.3) is 5.91 Å². The lowest BCUT2D eigenvalue weighted by atomic mass is 10.1. The van der Waals surface area contributed by atoms with Gasteiger partial charge in [-0.25, -0.2) is 0 Å². The van der Waals surface area contributed by atoms with Crippen molar-refractivity contribution in [3.05, 3.63) is 59.7 Å². The Hall–Kier alpha value is -2.49. The van der Waals surface area contributed by atoms with E-state index in [4.69, 9.17) is 11.5 Å². The first-order chi connectivity index (χ1) is 8.66. The molecule has 0 unspecified atom stereocenters. The summed E-state index contributed by atoms with van der Waals surface area (Å²) in [6.45, 7) is 0.403. The number of benzene rings is 2. The van der Waals surface area contributed by atoms with Crippen LogP contribution < -0.4 is 16.8 Å². The van der Waals surface area contributed by atoms with Crippen LogP contribution >= 0.6 is 0 Å². The van der Waals surface area contributed by atoms with Crippen LogP contribution in [0.3, 0.4) is 0 Å². The highest BCUT2D eigenvalue weighted by molar-refractivity contribution is 5.95. The highest BCUT2D eigenvalue weighted by atomic mass is 16.1. The van der Waals surface area contributed by atoms with Crippen molar-refractivity contribution in [2.24, 2.45) is 0 Å². The third-order valence-corrected chi connectivity index (χ3v) is 2.64. The molecule has 18 heavy (non-hydrogen) atoms. The van der Waals surface area contributed by atoms with Crippen LogP contribution in [0.25, 0.3) is 0 Å². The molecule has 0 aliphatic rings. The fourth-order valence-electron chi connectivity index (χ4n) is 1.65. The smallest absolute Gasteiger partial charge is 0.251 e. The minimum atomic E-state index is -0.162. The topological polar surface area (TPSA) is 81.1 Å². The molecule has 5 N–H and O–H groups in total. The molecular formula is C14H15N3O. The van der Waals surface area contributed by atoms with Gasteiger partial charge in [0.1, 0.15) is 0 Å². The van der Waals surface area contributed by atoms with Crippen LogP contribution in [0.2, 0.25) is 0 Å². The van der Waals surface area contributed by atoms with Gasteiger partial charge in [-0.05, 0) is 29.8 Å². The van der Waals surface area contributed by atoms with Gasteiger partial charge in [0.2, 0.25) is 0 Å². The van der Waals surface area contributed by atoms with Crippen LogP contribution in [-0.2, 0) is 6.54 Å². The van der Waals surface area contributed by atoms with E-state index in [1.165, 1.54) is 0 Å². The summed E-state index contributed by atoms with van der Waals surface area (Å²) in [5, 5.41) is 2.81. The summed E-state index contributed by atoms with van der Waals surface area (Å²) in [5.74, 6) is -0.162. The summed E-state index contributed by atoms with van der Waals surface area (Å²) in [7, 11) is 0. The van der Waals surface area contributed by atoms with Crippen molar-refractivity contribution >= 4 is 17.3 Å². The van der Waals surface area contributed by atoms with E-state index in [-0.39, 0.29) is 5.91 Å². The molecule has 4 heteroatoms. The van der Waals surface area contributed by atoms with E-state index in [9.17, 15) is 4.79 Å². The highest BCUT2D eigenvalue weighted by Gasteiger charge is 2.06. The average molecular weight is 241 g/mol. The zero-order valence-corrected chi connectivity index (χ0v) is 9.89. The van der Waals surface area contributed by atoms with E-state index in [0.29, 0.717) is 23.5 Å². The van der Waals surface area contributed by atoms with Crippen molar-refractivity contribution in [1.29, 1.82) is 0 Å². The molecule has 0 radical (unpaired) electrons. The molecule has 4 nitrogen and oxygen atoms in total. The van der Waals surface area contributed by atoms with Crippen LogP contribution in [0.1, 0.15) is 15.9 Å². The Morgan fingerprint density at radius 3 is 2.56 bits per heavy atom. The standard InChI is InChI=1S/C14H15N3O/c15-12-6-3-5-10(8-12)14(18)17-9-11-4-1-2-7-13(11)16/h1-8H,9,15-16H2,(H,17,18). The van der Waals surface area contributed by atoms with Crippen LogP contribution in [0.5, 0.6) is 0 Å². The van der Waals surface area contributed by atoms with Crippen LogP contribution in [0, 0.1) is 0 Å². The quantitative estimate of drug-likeness (QED) is 0.716. The first kappa shape index (κ1) is 12.0. The number of nitrogens with two attached hydrogens (primary N) is 2. The third kappa shape index (κ3) is 2.79. The summed E-state index contributed by atoms with van der Waals surface area (Å²) >= 11 is 0. The maximum Gasteiger partial charge on any atom is 0.251 e. The van der Waals surface area contributed by atoms with Gasteiger partial charge in [-0.2, -0.15) is 0 Å². The SMILES string of the molecule is Nc1cccc(C(=O)NCc2ccccc2N)c1. The molecular weight excluding hydrogens is 226 g/mol. The van der Waals surface area contributed by atoms with Crippen LogP contribution in [-0.4, -0.2) is 5.91 Å². The number of nitrogen functional groups attached to an aromatic ring is 2. The Morgan fingerprint density at radius 1 is 1.06 bits per heavy atom. The molecule has 0 aliphatic heterocycles. The number of carbonyl (C=O) groups excluding carboxylic acids is 1. The first-order valence-electron chi connectivity index (χ1n) is 5.64. The molecule has 92 valence electrons. The van der Waals surface area contributed by atoms with E-state index in [2.05, 4.69) is 5.32 Å². The molecule has 0 fully saturated rings. The maximum absolute atomic E-state index is 11.9. The van der Waals surface area contributed by atoms with Crippen LogP contribution in [0.4, 0.5) is 11.4 Å². The molecule has 0 aliphatic carbocycles. The molecule has 2 aromatic carbocycles. The second-order valence-corrected chi connectivity index (χ2v) is 4.01. The Balaban J connectivity index is 2.03. The number of anilines is 2. The molecule has 2 rings (SSSR count). The van der Waals surface area contributed by atoms with E-state index in [1.807, 2.05) is 24.3 Å². The molecule has 0 atom stereocenters. The summed E-state index contributed by atoms with van der Waals surface area (Å²) < 4.78 is 0. The van der Waals surface area contributed by atoms with Gasteiger partial charge in [-0.3, -0.25) is 4.79 Å². The van der Waals surface area contributed by atoms with Gasteiger partial charge in [0.15, 0.2) is 0 Å². The maximum atomic E-state index is 11.9. The summed E-state index contributed by atoms with van der Waals surface area (Å²) in [5.41, 5.74) is 14.1. The Bertz CT molecular complexity index is 566. The predicted octanol–water partition coefficient (Wildman–Crippen LogP) is 1.78. The van der Waals surface area contributed by atoms with Crippen molar-refractivity contribution in [3.63, 3.8) is 0 Å². The number of carbonyl (C=O) groups is 1. The monoisotopic (exact) mass is 241 g/mol. The van der Waals surface area contributed by atoms with Crippen molar-refractivity contribution in [2.45, 2.75) is 6.54 Å². The number of hydrogen-bond donors (Lipinski definition) is 3. The largest absolute Gasteiger partial charge is 0.399 e. The lowest BCUT2D eigenvalue weighted by Crippen LogP contribution is -2.23. The van der Waals surface area contributed by atoms with Crippen LogP contribution in [0.15, 0.2) is 48.5 Å². The molecule has 0 saturated carbocycles. The summed E-state index contributed by atoms with van der Waals surface area (Å²) in [4.78, 5) is 11.9. The second kappa shape index (κ2) is 5.23. The number of rotatable bonds is 3. The molecule has 1 amide bonds. The number of hydrogen-bond acceptors (Lipinski definition) is 3. The van der Waals surface area contributed by atoms with Crippen molar-refractivity contribution in [3.8, 4) is 0 Å². The second-order valence-electron chi connectivity index (χ2n) is 4.01. The number of para-hydroxylation sites is 1. The first-order valence-corrected chi connectivity index (χ1v) is 5.64. The number of nitrogens with one attached hydrogen (secondary N) is 1. The Labute approximate surface area is 106 Å². The fourth-order valence-corrected chi connectivity index (χ4v) is 1.65. The fraction of sp³-hybridized carbons (Fsp3) is 0.0714. The van der Waals surface area contributed by atoms with Gasteiger partial charge >= 0.3 is 0 Å². The lowest BCUT2D eigenvalue weighted by Gasteiger charge is -2.08. The van der Waals surface area contributed by atoms with Gasteiger partial charge in [-0.1, -0.05) is 24.3 Å². The van der Waals surface area contributed by atoms with E-state index in [1.54, 1.807) is 24.3 Å². The van der Waals surface area contributed by atoms with Gasteiger partial charge < -0.3 is 16.8 Å². The molecule has 0 heterocycles. The zero-order chi connectivity index (χ0) is 13.0. The Kier molecular flexibility index (Phi) is 3.48. The molecule has 0 spiro atoms. The Morgan fingerprint density at radius 2 is 1.83 bits per heavy atom. The van der Waals surface area contributed by atoms with E-state index < -0.39 is 0 Å². The molecule has 2 aromatic rings. The lowest BCUT2D eigenvalue weighted by molar-refractivity contribution is 0.0951. The van der Waals surface area contributed by atoms with Crippen molar-refractivity contribution in [2.75, 3.05) is 11.5 Å². The summed E-state index contributed by atoms with van der Waals surface area (Å²) in [6.07, 6.45) is 0. The van der Waals surface area contributed by atoms with Gasteiger partial charge in [0.05, 0.1) is 0 Å². The predicted molar refractivity (Wildman–Crippen MR) is 72.9 cm³/mol. The van der Waals surface area contributed by atoms with Crippen molar-refractivity contribution in [1.82, 2.24) is 5.32 Å². The molecule has 0 bridgehead atoms. The third-order valence-electron chi connectivity index (χ3n) is 2.64. The van der Waals surface area contributed by atoms with E-state index in [0.717, 1.165) is 5.56 Å². The minimum absolute atomic E-state index is 0.162. The van der Waals surface area contributed by atoms with Gasteiger partial charge in [0, 0.05) is 23.5 Å². The molecule has 0 aromatic heterocycles. The molecule has 0 saturated heterocycles. The van der Waals surface area contributed by atoms with Gasteiger partial charge in [-0.15, -0.1) is 0 Å². The summed E-state index contributed by atoms with van der Waals surface area (Å²) in [6, 6.07) is 14.3.